The van der Waals surface area contributed by atoms with Crippen molar-refractivity contribution in [2.24, 2.45) is 7.05 Å². The van der Waals surface area contributed by atoms with Crippen molar-refractivity contribution >= 4 is 22.9 Å². The molecule has 0 aliphatic heterocycles. The molecular formula is C24H19NO2. The van der Waals surface area contributed by atoms with Gasteiger partial charge in [0, 0.05) is 29.6 Å². The molecule has 0 fully saturated rings. The van der Waals surface area contributed by atoms with Gasteiger partial charge < -0.3 is 9.30 Å². The molecule has 0 spiro atoms. The number of carbonyl (C=O) groups excluding carboxylic acids is 1. The van der Waals surface area contributed by atoms with Crippen LogP contribution in [-0.2, 0) is 11.8 Å². The highest BCUT2D eigenvalue weighted by molar-refractivity contribution is 6.00. The van der Waals surface area contributed by atoms with Gasteiger partial charge in [0.05, 0.1) is 5.69 Å². The summed E-state index contributed by atoms with van der Waals surface area (Å²) in [6, 6.07) is 27.5. The van der Waals surface area contributed by atoms with Gasteiger partial charge in [-0.05, 0) is 29.8 Å². The second-order valence-electron chi connectivity index (χ2n) is 6.27. The third-order valence-corrected chi connectivity index (χ3v) is 4.54. The highest BCUT2D eigenvalue weighted by atomic mass is 16.5. The Bertz CT molecular complexity index is 1110. The van der Waals surface area contributed by atoms with Crippen LogP contribution < -0.4 is 4.74 Å². The van der Waals surface area contributed by atoms with E-state index in [9.17, 15) is 4.79 Å². The zero-order valence-electron chi connectivity index (χ0n) is 15.0. The van der Waals surface area contributed by atoms with Crippen LogP contribution >= 0.6 is 0 Å². The smallest absolute Gasteiger partial charge is 0.336 e. The maximum absolute atomic E-state index is 12.3. The minimum absolute atomic E-state index is 0.395. The Kier molecular flexibility index (Phi) is 4.58. The van der Waals surface area contributed by atoms with Crippen LogP contribution in [0.25, 0.3) is 28.2 Å². The number of fused-ring (bicyclic) bond motifs is 1. The second kappa shape index (κ2) is 7.34. The number of aryl methyl sites for hydroxylation is 1. The molecule has 0 atom stereocenters. The van der Waals surface area contributed by atoms with Crippen molar-refractivity contribution in [3.8, 4) is 17.0 Å². The van der Waals surface area contributed by atoms with Crippen LogP contribution in [0.2, 0.25) is 0 Å². The van der Waals surface area contributed by atoms with E-state index >= 15 is 0 Å². The lowest BCUT2D eigenvalue weighted by Crippen LogP contribution is -2.03. The van der Waals surface area contributed by atoms with Crippen LogP contribution in [0, 0.1) is 0 Å². The van der Waals surface area contributed by atoms with Crippen molar-refractivity contribution < 1.29 is 9.53 Å². The van der Waals surface area contributed by atoms with Gasteiger partial charge in [-0.15, -0.1) is 0 Å². The van der Waals surface area contributed by atoms with Crippen LogP contribution in [0.3, 0.4) is 0 Å². The van der Waals surface area contributed by atoms with Crippen LogP contribution in [0.15, 0.2) is 91.0 Å². The van der Waals surface area contributed by atoms with E-state index in [0.717, 1.165) is 27.7 Å². The first-order chi connectivity index (χ1) is 13.2. The Morgan fingerprint density at radius 3 is 2.22 bits per heavy atom. The minimum Gasteiger partial charge on any atom is -0.423 e. The lowest BCUT2D eigenvalue weighted by Gasteiger charge is -2.06. The Morgan fingerprint density at radius 1 is 0.852 bits per heavy atom. The number of benzene rings is 3. The number of aromatic nitrogens is 1. The average molecular weight is 353 g/mol. The number of ether oxygens (including phenoxy) is 1. The summed E-state index contributed by atoms with van der Waals surface area (Å²) in [5.41, 5.74) is 4.30. The quantitative estimate of drug-likeness (QED) is 0.277. The summed E-state index contributed by atoms with van der Waals surface area (Å²) < 4.78 is 7.53. The zero-order valence-corrected chi connectivity index (χ0v) is 15.0. The molecule has 0 radical (unpaired) electrons. The Balaban J connectivity index is 1.75. The molecule has 3 aromatic carbocycles. The van der Waals surface area contributed by atoms with E-state index in [0.29, 0.717) is 5.75 Å². The molecule has 1 heterocycles. The minimum atomic E-state index is -0.395. The topological polar surface area (TPSA) is 31.2 Å². The standard InChI is InChI=1S/C24H19NO2/c1-25-22-15-9-8-14-20(22)21(24(25)18-10-4-2-5-11-18)16-17-23(26)27-19-12-6-3-7-13-19/h2-17H,1H3. The molecule has 0 bridgehead atoms. The Morgan fingerprint density at radius 2 is 1.48 bits per heavy atom. The predicted octanol–water partition coefficient (Wildman–Crippen LogP) is 5.46. The number of hydrogen-bond acceptors (Lipinski definition) is 2. The van der Waals surface area contributed by atoms with Crippen LogP contribution in [0.1, 0.15) is 5.56 Å². The molecule has 0 aliphatic carbocycles. The molecule has 0 aliphatic rings. The third-order valence-electron chi connectivity index (χ3n) is 4.54. The molecule has 0 saturated heterocycles. The molecule has 3 heteroatoms. The maximum atomic E-state index is 12.3. The third kappa shape index (κ3) is 3.40. The van der Waals surface area contributed by atoms with Crippen molar-refractivity contribution in [3.05, 3.63) is 96.6 Å². The lowest BCUT2D eigenvalue weighted by molar-refractivity contribution is -0.128. The number of hydrogen-bond donors (Lipinski definition) is 0. The summed E-state index contributed by atoms with van der Waals surface area (Å²) in [6.07, 6.45) is 3.33. The fourth-order valence-electron chi connectivity index (χ4n) is 3.33. The molecule has 27 heavy (non-hydrogen) atoms. The zero-order chi connectivity index (χ0) is 18.6. The van der Waals surface area contributed by atoms with E-state index in [1.807, 2.05) is 61.7 Å². The number of rotatable bonds is 4. The highest BCUT2D eigenvalue weighted by Gasteiger charge is 2.14. The molecule has 0 amide bonds. The van der Waals surface area contributed by atoms with Crippen LogP contribution in [0.4, 0.5) is 0 Å². The average Bonchev–Trinajstić information content (AvgIpc) is 3.00. The van der Waals surface area contributed by atoms with E-state index < -0.39 is 5.97 Å². The first-order valence-corrected chi connectivity index (χ1v) is 8.82. The fourth-order valence-corrected chi connectivity index (χ4v) is 3.33. The van der Waals surface area contributed by atoms with Gasteiger partial charge in [-0.1, -0.05) is 66.7 Å². The van der Waals surface area contributed by atoms with Gasteiger partial charge >= 0.3 is 5.97 Å². The van der Waals surface area contributed by atoms with Crippen molar-refractivity contribution in [1.29, 1.82) is 0 Å². The summed E-state index contributed by atoms with van der Waals surface area (Å²) in [5, 5.41) is 1.10. The predicted molar refractivity (Wildman–Crippen MR) is 109 cm³/mol. The van der Waals surface area contributed by atoms with Crippen molar-refractivity contribution in [2.45, 2.75) is 0 Å². The summed E-state index contributed by atoms with van der Waals surface area (Å²) in [4.78, 5) is 12.3. The second-order valence-corrected chi connectivity index (χ2v) is 6.27. The summed E-state index contributed by atoms with van der Waals surface area (Å²) in [7, 11) is 2.05. The van der Waals surface area contributed by atoms with E-state index in [4.69, 9.17) is 4.74 Å². The normalized spacial score (nSPS) is 11.1. The van der Waals surface area contributed by atoms with Crippen molar-refractivity contribution in [2.75, 3.05) is 0 Å². The van der Waals surface area contributed by atoms with Gasteiger partial charge in [-0.25, -0.2) is 4.79 Å². The molecule has 3 nitrogen and oxygen atoms in total. The van der Waals surface area contributed by atoms with E-state index in [1.54, 1.807) is 12.1 Å². The summed E-state index contributed by atoms with van der Waals surface area (Å²) >= 11 is 0. The number of esters is 1. The van der Waals surface area contributed by atoms with Gasteiger partial charge in [0.25, 0.3) is 0 Å². The van der Waals surface area contributed by atoms with Crippen molar-refractivity contribution in [1.82, 2.24) is 4.57 Å². The molecule has 0 saturated carbocycles. The molecule has 0 N–H and O–H groups in total. The number of nitrogens with zero attached hydrogens (tertiary/aromatic N) is 1. The van der Waals surface area contributed by atoms with Gasteiger partial charge in [0.2, 0.25) is 0 Å². The molecule has 1 aromatic heterocycles. The molecule has 132 valence electrons. The van der Waals surface area contributed by atoms with Gasteiger partial charge in [-0.2, -0.15) is 0 Å². The van der Waals surface area contributed by atoms with Gasteiger partial charge in [0.15, 0.2) is 0 Å². The monoisotopic (exact) mass is 353 g/mol. The molecular weight excluding hydrogens is 334 g/mol. The Hall–Kier alpha value is -3.59. The van der Waals surface area contributed by atoms with Gasteiger partial charge in [0.1, 0.15) is 5.75 Å². The van der Waals surface area contributed by atoms with E-state index in [2.05, 4.69) is 28.8 Å². The maximum Gasteiger partial charge on any atom is 0.336 e. The SMILES string of the molecule is Cn1c(-c2ccccc2)c(C=CC(=O)Oc2ccccc2)c2ccccc21. The first-order valence-electron chi connectivity index (χ1n) is 8.82. The van der Waals surface area contributed by atoms with E-state index in [-0.39, 0.29) is 0 Å². The molecule has 4 aromatic rings. The van der Waals surface area contributed by atoms with Crippen LogP contribution in [-0.4, -0.2) is 10.5 Å². The lowest BCUT2D eigenvalue weighted by atomic mass is 10.0. The molecule has 4 rings (SSSR count). The molecule has 0 unspecified atom stereocenters. The highest BCUT2D eigenvalue weighted by Crippen LogP contribution is 2.33. The van der Waals surface area contributed by atoms with Gasteiger partial charge in [-0.3, -0.25) is 0 Å². The number of para-hydroxylation sites is 2. The number of carbonyl (C=O) groups is 1. The first kappa shape index (κ1) is 16.9. The Labute approximate surface area is 158 Å². The summed E-state index contributed by atoms with van der Waals surface area (Å²) in [5.74, 6) is 0.140. The summed E-state index contributed by atoms with van der Waals surface area (Å²) in [6.45, 7) is 0. The fraction of sp³-hybridized carbons (Fsp3) is 0.0417. The van der Waals surface area contributed by atoms with E-state index in [1.165, 1.54) is 6.08 Å². The van der Waals surface area contributed by atoms with Crippen molar-refractivity contribution in [3.63, 3.8) is 0 Å². The largest absolute Gasteiger partial charge is 0.423 e. The van der Waals surface area contributed by atoms with Crippen LogP contribution in [0.5, 0.6) is 5.75 Å².